The maximum Gasteiger partial charge on any atom is 0.252 e. The van der Waals surface area contributed by atoms with Gasteiger partial charge in [-0.1, -0.05) is 0 Å². The quantitative estimate of drug-likeness (QED) is 0.838. The summed E-state index contributed by atoms with van der Waals surface area (Å²) in [5.74, 6) is 0.315. The molecule has 0 spiro atoms. The van der Waals surface area contributed by atoms with Crippen LogP contribution < -0.4 is 10.9 Å². The molecule has 0 bridgehead atoms. The van der Waals surface area contributed by atoms with Gasteiger partial charge in [-0.25, -0.2) is 0 Å². The maximum absolute atomic E-state index is 11.9. The summed E-state index contributed by atoms with van der Waals surface area (Å²) in [6, 6.07) is 3.01. The molecule has 2 rings (SSSR count). The molecule has 0 aliphatic carbocycles. The maximum atomic E-state index is 11.9. The number of hydrogen-bond acceptors (Lipinski definition) is 3. The van der Waals surface area contributed by atoms with Crippen LogP contribution in [-0.2, 0) is 4.74 Å². The Balaban J connectivity index is 1.93. The fourth-order valence-electron chi connectivity index (χ4n) is 2.18. The van der Waals surface area contributed by atoms with E-state index in [1.165, 1.54) is 18.3 Å². The van der Waals surface area contributed by atoms with Crippen LogP contribution in [0.5, 0.6) is 0 Å². The van der Waals surface area contributed by atoms with Gasteiger partial charge in [-0.2, -0.15) is 0 Å². The van der Waals surface area contributed by atoms with E-state index in [-0.39, 0.29) is 17.5 Å². The van der Waals surface area contributed by atoms with Crippen LogP contribution in [0.2, 0.25) is 0 Å². The summed E-state index contributed by atoms with van der Waals surface area (Å²) in [4.78, 5) is 25.4. The third-order valence-corrected chi connectivity index (χ3v) is 3.38. The van der Waals surface area contributed by atoms with Crippen molar-refractivity contribution in [1.82, 2.24) is 10.3 Å². The Labute approximate surface area is 106 Å². The van der Waals surface area contributed by atoms with Gasteiger partial charge < -0.3 is 15.0 Å². The van der Waals surface area contributed by atoms with E-state index >= 15 is 0 Å². The van der Waals surface area contributed by atoms with E-state index in [1.807, 2.05) is 6.92 Å². The number of carbonyl (C=O) groups excluding carboxylic acids is 1. The first kappa shape index (κ1) is 12.8. The standard InChI is InChI=1S/C13H18N2O3/c1-9(10-4-6-18-7-5-10)15-13(17)11-2-3-12(16)14-8-11/h2-3,8-10H,4-7H2,1H3,(H,14,16)(H,15,17). The molecule has 1 aliphatic rings. The molecule has 0 saturated carbocycles. The topological polar surface area (TPSA) is 71.2 Å². The second-order valence-corrected chi connectivity index (χ2v) is 4.65. The number of H-pyrrole nitrogens is 1. The fourth-order valence-corrected chi connectivity index (χ4v) is 2.18. The van der Waals surface area contributed by atoms with Crippen molar-refractivity contribution in [2.75, 3.05) is 13.2 Å². The summed E-state index contributed by atoms with van der Waals surface area (Å²) in [5, 5.41) is 2.97. The molecule has 5 nitrogen and oxygen atoms in total. The van der Waals surface area contributed by atoms with Gasteiger partial charge in [-0.15, -0.1) is 0 Å². The Bertz CT molecular complexity index is 443. The SMILES string of the molecule is CC(NC(=O)c1ccc(=O)[nH]c1)C1CCOCC1. The number of amides is 1. The number of ether oxygens (including phenoxy) is 1. The van der Waals surface area contributed by atoms with Crippen molar-refractivity contribution in [1.29, 1.82) is 0 Å². The highest BCUT2D eigenvalue weighted by Gasteiger charge is 2.22. The van der Waals surface area contributed by atoms with Gasteiger partial charge >= 0.3 is 0 Å². The molecule has 98 valence electrons. The number of hydrogen-bond donors (Lipinski definition) is 2. The van der Waals surface area contributed by atoms with Crippen molar-refractivity contribution < 1.29 is 9.53 Å². The van der Waals surface area contributed by atoms with E-state index in [4.69, 9.17) is 4.74 Å². The number of nitrogens with one attached hydrogen (secondary N) is 2. The van der Waals surface area contributed by atoms with Crippen LogP contribution in [0, 0.1) is 5.92 Å². The summed E-state index contributed by atoms with van der Waals surface area (Å²) in [7, 11) is 0. The highest BCUT2D eigenvalue weighted by Crippen LogP contribution is 2.18. The van der Waals surface area contributed by atoms with Gasteiger partial charge in [0, 0.05) is 31.5 Å². The predicted molar refractivity (Wildman–Crippen MR) is 67.5 cm³/mol. The van der Waals surface area contributed by atoms with Gasteiger partial charge in [0.2, 0.25) is 5.56 Å². The molecule has 5 heteroatoms. The van der Waals surface area contributed by atoms with Crippen LogP contribution in [0.3, 0.4) is 0 Å². The zero-order valence-corrected chi connectivity index (χ0v) is 10.4. The largest absolute Gasteiger partial charge is 0.381 e. The molecule has 1 unspecified atom stereocenters. The Morgan fingerprint density at radius 3 is 2.78 bits per heavy atom. The smallest absolute Gasteiger partial charge is 0.252 e. The Morgan fingerprint density at radius 2 is 2.17 bits per heavy atom. The molecule has 1 aliphatic heterocycles. The lowest BCUT2D eigenvalue weighted by atomic mass is 9.93. The Morgan fingerprint density at radius 1 is 1.44 bits per heavy atom. The number of carbonyl (C=O) groups is 1. The zero-order valence-electron chi connectivity index (χ0n) is 10.4. The lowest BCUT2D eigenvalue weighted by Gasteiger charge is -2.28. The number of pyridine rings is 1. The molecule has 2 heterocycles. The first-order valence-corrected chi connectivity index (χ1v) is 6.24. The minimum atomic E-state index is -0.205. The molecule has 1 atom stereocenters. The van der Waals surface area contributed by atoms with Gasteiger partial charge in [0.1, 0.15) is 0 Å². The van der Waals surface area contributed by atoms with Gasteiger partial charge in [-0.3, -0.25) is 9.59 Å². The zero-order chi connectivity index (χ0) is 13.0. The summed E-state index contributed by atoms with van der Waals surface area (Å²) in [6.07, 6.45) is 3.40. The van der Waals surface area contributed by atoms with Gasteiger partial charge in [0.05, 0.1) is 5.56 Å². The van der Waals surface area contributed by atoms with Crippen LogP contribution in [0.1, 0.15) is 30.1 Å². The summed E-state index contributed by atoms with van der Waals surface area (Å²) in [5.41, 5.74) is 0.275. The molecular formula is C13H18N2O3. The van der Waals surface area contributed by atoms with Crippen molar-refractivity contribution in [3.05, 3.63) is 34.2 Å². The van der Waals surface area contributed by atoms with E-state index in [2.05, 4.69) is 10.3 Å². The highest BCUT2D eigenvalue weighted by atomic mass is 16.5. The van der Waals surface area contributed by atoms with E-state index in [1.54, 1.807) is 0 Å². The third-order valence-electron chi connectivity index (χ3n) is 3.38. The molecule has 1 aromatic rings. The number of rotatable bonds is 3. The monoisotopic (exact) mass is 250 g/mol. The minimum Gasteiger partial charge on any atom is -0.381 e. The lowest BCUT2D eigenvalue weighted by molar-refractivity contribution is 0.0538. The van der Waals surface area contributed by atoms with Gasteiger partial charge in [0.15, 0.2) is 0 Å². The molecule has 1 aromatic heterocycles. The second-order valence-electron chi connectivity index (χ2n) is 4.65. The average Bonchev–Trinajstić information content (AvgIpc) is 2.40. The van der Waals surface area contributed by atoms with Gasteiger partial charge in [-0.05, 0) is 31.7 Å². The van der Waals surface area contributed by atoms with Crippen molar-refractivity contribution in [2.45, 2.75) is 25.8 Å². The van der Waals surface area contributed by atoms with Crippen LogP contribution >= 0.6 is 0 Å². The van der Waals surface area contributed by atoms with Crippen molar-refractivity contribution >= 4 is 5.91 Å². The first-order valence-electron chi connectivity index (χ1n) is 6.24. The average molecular weight is 250 g/mol. The third kappa shape index (κ3) is 3.20. The van der Waals surface area contributed by atoms with E-state index < -0.39 is 0 Å². The molecule has 0 aromatic carbocycles. The summed E-state index contributed by atoms with van der Waals surface area (Å²) < 4.78 is 5.30. The lowest BCUT2D eigenvalue weighted by Crippen LogP contribution is -2.40. The molecule has 2 N–H and O–H groups in total. The molecule has 18 heavy (non-hydrogen) atoms. The van der Waals surface area contributed by atoms with E-state index in [0.29, 0.717) is 11.5 Å². The van der Waals surface area contributed by atoms with Crippen molar-refractivity contribution in [2.24, 2.45) is 5.92 Å². The van der Waals surface area contributed by atoms with Gasteiger partial charge in [0.25, 0.3) is 5.91 Å². The molecule has 0 radical (unpaired) electrons. The molecule has 1 amide bonds. The molecule has 1 fully saturated rings. The van der Waals surface area contributed by atoms with Crippen LogP contribution in [0.4, 0.5) is 0 Å². The number of aromatic nitrogens is 1. The van der Waals surface area contributed by atoms with Crippen molar-refractivity contribution in [3.63, 3.8) is 0 Å². The normalized spacial score (nSPS) is 18.3. The predicted octanol–water partition coefficient (Wildman–Crippen LogP) is 0.920. The highest BCUT2D eigenvalue weighted by molar-refractivity contribution is 5.93. The Hall–Kier alpha value is -1.62. The Kier molecular flexibility index (Phi) is 4.15. The molecule has 1 saturated heterocycles. The van der Waals surface area contributed by atoms with E-state index in [0.717, 1.165) is 26.1 Å². The van der Waals surface area contributed by atoms with Crippen LogP contribution in [0.15, 0.2) is 23.1 Å². The first-order chi connectivity index (χ1) is 8.66. The summed E-state index contributed by atoms with van der Waals surface area (Å²) >= 11 is 0. The minimum absolute atomic E-state index is 0.119. The van der Waals surface area contributed by atoms with E-state index in [9.17, 15) is 9.59 Å². The number of aromatic amines is 1. The van der Waals surface area contributed by atoms with Crippen LogP contribution in [-0.4, -0.2) is 30.1 Å². The summed E-state index contributed by atoms with van der Waals surface area (Å²) in [6.45, 7) is 3.55. The van der Waals surface area contributed by atoms with Crippen molar-refractivity contribution in [3.8, 4) is 0 Å². The fraction of sp³-hybridized carbons (Fsp3) is 0.538. The van der Waals surface area contributed by atoms with Crippen LogP contribution in [0.25, 0.3) is 0 Å². The second kappa shape index (κ2) is 5.82. The molecular weight excluding hydrogens is 232 g/mol.